The van der Waals surface area contributed by atoms with Gasteiger partial charge in [-0.1, -0.05) is 219 Å². The first kappa shape index (κ1) is 50.8. The van der Waals surface area contributed by atoms with Gasteiger partial charge < -0.3 is 5.11 Å². The second-order valence-corrected chi connectivity index (χ2v) is 21.6. The molecule has 0 aliphatic rings. The summed E-state index contributed by atoms with van der Waals surface area (Å²) in [5, 5.41) is 12.8. The van der Waals surface area contributed by atoms with Crippen molar-refractivity contribution in [3.05, 3.63) is 217 Å². The minimum Gasteiger partial charge on any atom is -0.507 e. The van der Waals surface area contributed by atoms with Crippen molar-refractivity contribution in [1.82, 2.24) is 14.5 Å². The molecule has 0 saturated carbocycles. The number of para-hydroxylation sites is 2. The standard InChI is InChI=1S/C68H64N3O.Pt/c1-10-68(9,11-2)51-34-32-45(33-35-51)48-38-39-69-60(43-48)50-40-49(41-53(42-50)67(6,7)8)55-28-21-31-62-63(55)70-65(71(62)61-37-36-52(66(3,4)5)44-59(61)47-24-16-13-17-25-47)58-30-20-29-57(64(58)72)56-27-19-18-26-54(56)46-22-14-12-15-23-46;/h12-39,41-44,72H,10-11H2,1-9H3;/q-1;. The van der Waals surface area contributed by atoms with Gasteiger partial charge in [-0.3, -0.25) is 9.55 Å². The van der Waals surface area contributed by atoms with Gasteiger partial charge in [0.05, 0.1) is 22.3 Å². The number of aromatic hydroxyl groups is 1. The first-order valence-electron chi connectivity index (χ1n) is 25.5. The third kappa shape index (κ3) is 9.91. The van der Waals surface area contributed by atoms with Crippen LogP contribution in [0.3, 0.4) is 0 Å². The zero-order chi connectivity index (χ0) is 50.4. The third-order valence-electron chi connectivity index (χ3n) is 15.0. The van der Waals surface area contributed by atoms with Gasteiger partial charge in [0.25, 0.3) is 0 Å². The van der Waals surface area contributed by atoms with Gasteiger partial charge >= 0.3 is 0 Å². The van der Waals surface area contributed by atoms with Crippen LogP contribution in [0.15, 0.2) is 194 Å². The maximum absolute atomic E-state index is 12.8. The summed E-state index contributed by atoms with van der Waals surface area (Å²) >= 11 is 0. The molecule has 0 fully saturated rings. The van der Waals surface area contributed by atoms with E-state index in [4.69, 9.17) is 9.97 Å². The Morgan fingerprint density at radius 1 is 0.466 bits per heavy atom. The van der Waals surface area contributed by atoms with Crippen LogP contribution in [0.5, 0.6) is 5.75 Å². The van der Waals surface area contributed by atoms with Crippen molar-refractivity contribution in [3.63, 3.8) is 0 Å². The van der Waals surface area contributed by atoms with Crippen LogP contribution in [-0.4, -0.2) is 19.6 Å². The number of phenolic OH excluding ortho intramolecular Hbond substituents is 1. The third-order valence-corrected chi connectivity index (χ3v) is 15.0. The molecule has 0 aliphatic carbocycles. The van der Waals surface area contributed by atoms with Gasteiger partial charge in [-0.2, -0.15) is 0 Å². The van der Waals surface area contributed by atoms with Gasteiger partial charge in [0, 0.05) is 44.1 Å². The molecule has 8 aromatic carbocycles. The fourth-order valence-electron chi connectivity index (χ4n) is 10.1. The van der Waals surface area contributed by atoms with Crippen LogP contribution in [-0.2, 0) is 37.3 Å². The van der Waals surface area contributed by atoms with Crippen LogP contribution in [0, 0.1) is 6.07 Å². The maximum Gasteiger partial charge on any atom is 0.148 e. The molecule has 2 aromatic heterocycles. The number of aromatic nitrogens is 3. The molecule has 73 heavy (non-hydrogen) atoms. The average Bonchev–Trinajstić information content (AvgIpc) is 3.80. The van der Waals surface area contributed by atoms with Gasteiger partial charge in [0.1, 0.15) is 11.6 Å². The molecule has 0 amide bonds. The Morgan fingerprint density at radius 2 is 1.03 bits per heavy atom. The normalized spacial score (nSPS) is 12.0. The molecule has 10 aromatic rings. The van der Waals surface area contributed by atoms with Crippen molar-refractivity contribution in [2.75, 3.05) is 0 Å². The summed E-state index contributed by atoms with van der Waals surface area (Å²) in [6, 6.07) is 70.3. The molecular weight excluding hydrogens is 1070 g/mol. The predicted octanol–water partition coefficient (Wildman–Crippen LogP) is 18.3. The minimum absolute atomic E-state index is 0. The molecule has 0 unspecified atom stereocenters. The zero-order valence-corrected chi connectivity index (χ0v) is 45.8. The molecule has 0 saturated heterocycles. The molecule has 2 heterocycles. The van der Waals surface area contributed by atoms with Crippen molar-refractivity contribution in [2.45, 2.75) is 91.4 Å². The van der Waals surface area contributed by atoms with Gasteiger partial charge in [0.2, 0.25) is 0 Å². The van der Waals surface area contributed by atoms with Crippen molar-refractivity contribution in [1.29, 1.82) is 0 Å². The smallest absolute Gasteiger partial charge is 0.148 e. The van der Waals surface area contributed by atoms with Crippen molar-refractivity contribution >= 4 is 11.0 Å². The molecule has 4 nitrogen and oxygen atoms in total. The monoisotopic (exact) mass is 1130 g/mol. The number of benzene rings is 8. The van der Waals surface area contributed by atoms with Gasteiger partial charge in [-0.15, -0.1) is 29.3 Å². The van der Waals surface area contributed by atoms with Crippen LogP contribution in [0.2, 0.25) is 0 Å². The van der Waals surface area contributed by atoms with E-state index in [1.54, 1.807) is 0 Å². The topological polar surface area (TPSA) is 50.9 Å². The van der Waals surface area contributed by atoms with E-state index in [-0.39, 0.29) is 43.1 Å². The van der Waals surface area contributed by atoms with E-state index in [0.29, 0.717) is 11.4 Å². The predicted molar refractivity (Wildman–Crippen MR) is 303 cm³/mol. The summed E-state index contributed by atoms with van der Waals surface area (Å²) in [5.41, 5.74) is 18.9. The molecule has 10 rings (SSSR count). The van der Waals surface area contributed by atoms with E-state index in [1.807, 2.05) is 36.5 Å². The number of pyridine rings is 1. The van der Waals surface area contributed by atoms with Gasteiger partial charge in [-0.05, 0) is 104 Å². The fourth-order valence-corrected chi connectivity index (χ4v) is 10.1. The summed E-state index contributed by atoms with van der Waals surface area (Å²) in [4.78, 5) is 10.7. The molecule has 0 spiro atoms. The quantitative estimate of drug-likeness (QED) is 0.131. The van der Waals surface area contributed by atoms with Crippen molar-refractivity contribution < 1.29 is 26.2 Å². The van der Waals surface area contributed by atoms with Gasteiger partial charge in [-0.25, -0.2) is 4.98 Å². The Kier molecular flexibility index (Phi) is 14.2. The molecule has 0 radical (unpaired) electrons. The Morgan fingerprint density at radius 3 is 1.68 bits per heavy atom. The van der Waals surface area contributed by atoms with E-state index < -0.39 is 0 Å². The first-order chi connectivity index (χ1) is 34.6. The molecule has 368 valence electrons. The van der Waals surface area contributed by atoms with Crippen LogP contribution >= 0.6 is 0 Å². The Balaban J connectivity index is 0.00000656. The van der Waals surface area contributed by atoms with Crippen LogP contribution in [0.25, 0.3) is 95.0 Å². The summed E-state index contributed by atoms with van der Waals surface area (Å²) in [6.45, 7) is 20.4. The SMILES string of the molecule is CCC(C)(CC)c1ccc(-c2ccnc(-c3[c-]c(-c4cccc5c4nc(-c4cccc(-c6ccccc6-c6ccccc6)c4O)n5-c4ccc(C(C)(C)C)cc4-c4ccccc4)cc(C(C)(C)C)c3)c2)cc1.[Pt]. The van der Waals surface area contributed by atoms with E-state index in [2.05, 4.69) is 231 Å². The van der Waals surface area contributed by atoms with Crippen LogP contribution in [0.4, 0.5) is 0 Å². The van der Waals surface area contributed by atoms with E-state index in [1.165, 1.54) is 16.7 Å². The second kappa shape index (κ2) is 20.4. The summed E-state index contributed by atoms with van der Waals surface area (Å²) in [6.07, 6.45) is 4.11. The summed E-state index contributed by atoms with van der Waals surface area (Å²) in [5.74, 6) is 0.806. The zero-order valence-electron chi connectivity index (χ0n) is 43.5. The number of rotatable bonds is 11. The minimum atomic E-state index is -0.183. The number of phenols is 1. The Bertz CT molecular complexity index is 3570. The molecule has 0 aliphatic heterocycles. The first-order valence-corrected chi connectivity index (χ1v) is 25.5. The van der Waals surface area contributed by atoms with Gasteiger partial charge in [0.15, 0.2) is 0 Å². The summed E-state index contributed by atoms with van der Waals surface area (Å²) in [7, 11) is 0. The Labute approximate surface area is 447 Å². The van der Waals surface area contributed by atoms with E-state index in [9.17, 15) is 5.11 Å². The number of imidazole rings is 1. The molecular formula is C68H64N3OPt-. The fraction of sp³-hybridized carbons (Fsp3) is 0.206. The largest absolute Gasteiger partial charge is 0.507 e. The molecule has 0 atom stereocenters. The molecule has 0 bridgehead atoms. The van der Waals surface area contributed by atoms with Crippen LogP contribution < -0.4 is 0 Å². The van der Waals surface area contributed by atoms with E-state index >= 15 is 0 Å². The number of nitrogens with zero attached hydrogens (tertiary/aromatic N) is 3. The second-order valence-electron chi connectivity index (χ2n) is 21.6. The van der Waals surface area contributed by atoms with Crippen LogP contribution in [0.1, 0.15) is 91.8 Å². The number of hydrogen-bond acceptors (Lipinski definition) is 3. The molecule has 1 N–H and O–H groups in total. The van der Waals surface area contributed by atoms with Crippen molar-refractivity contribution in [3.8, 4) is 89.7 Å². The Hall–Kier alpha value is -7.13. The number of hydrogen-bond donors (Lipinski definition) is 1. The van der Waals surface area contributed by atoms with Crippen molar-refractivity contribution in [2.24, 2.45) is 0 Å². The maximum atomic E-state index is 12.8. The average molecular weight is 1130 g/mol. The summed E-state index contributed by atoms with van der Waals surface area (Å²) < 4.78 is 2.25. The number of fused-ring (bicyclic) bond motifs is 1. The molecule has 5 heteroatoms. The van der Waals surface area contributed by atoms with E-state index in [0.717, 1.165) is 96.5 Å².